The summed E-state index contributed by atoms with van der Waals surface area (Å²) in [4.78, 5) is 0. The Morgan fingerprint density at radius 2 is 1.25 bits per heavy atom. The van der Waals surface area contributed by atoms with E-state index in [1.165, 1.54) is 0 Å². The summed E-state index contributed by atoms with van der Waals surface area (Å²) in [6.45, 7) is 0. The van der Waals surface area contributed by atoms with Gasteiger partial charge < -0.3 is 11.7 Å². The summed E-state index contributed by atoms with van der Waals surface area (Å²) in [5, 5.41) is 0. The van der Waals surface area contributed by atoms with Gasteiger partial charge in [0.15, 0.2) is 0 Å². The van der Waals surface area contributed by atoms with Gasteiger partial charge in [-0.3, -0.25) is 0 Å². The first kappa shape index (κ1) is 20.2. The van der Waals surface area contributed by atoms with Crippen LogP contribution in [0.15, 0.2) is 0 Å². The Kier molecular flexibility index (Phi) is 187. The van der Waals surface area contributed by atoms with Crippen LogP contribution in [0.2, 0.25) is 0 Å². The fourth-order valence-corrected chi connectivity index (χ4v) is 0. The maximum Gasteiger partial charge on any atom is 0 e. The third kappa shape index (κ3) is 12.2. The van der Waals surface area contributed by atoms with Crippen LogP contribution in [-0.4, -0.2) is 0 Å². The van der Waals surface area contributed by atoms with Crippen LogP contribution < -0.4 is 5.84 Å². The van der Waals surface area contributed by atoms with Gasteiger partial charge in [-0.1, -0.05) is 0 Å². The van der Waals surface area contributed by atoms with E-state index in [1.54, 1.807) is 0 Å². The molecule has 0 fully saturated rings. The second kappa shape index (κ2) is 37.1. The maximum atomic E-state index is 5.25. The summed E-state index contributed by atoms with van der Waals surface area (Å²) in [7, 11) is 0. The molecule has 0 rings (SSSR count). The molecule has 0 amide bonds. The molecule has 1 radical (unpaired) electrons. The van der Waals surface area contributed by atoms with Crippen LogP contribution in [-0.2, 0) is 19.5 Å². The van der Waals surface area contributed by atoms with Crippen LogP contribution >= 0.6 is 9.90 Å². The molecule has 0 spiro atoms. The summed E-state index contributed by atoms with van der Waals surface area (Å²) in [6, 6.07) is 0. The molecule has 0 aliphatic heterocycles. The third-order valence-electron chi connectivity index (χ3n) is 0. The van der Waals surface area contributed by atoms with Crippen LogP contribution in [0.4, 0.5) is 0 Å². The van der Waals surface area contributed by atoms with Crippen molar-refractivity contribution in [1.29, 1.82) is 0 Å². The molecule has 4 heteroatoms. The van der Waals surface area contributed by atoms with Crippen molar-refractivity contribution in [2.75, 3.05) is 0 Å². The Labute approximate surface area is 41.7 Å². The molecule has 0 aliphatic carbocycles. The maximum absolute atomic E-state index is 5.25. The molecule has 1 unspecified atom stereocenters. The SMILES string of the molecule is P.[NH-]N.[Rh]. The van der Waals surface area contributed by atoms with E-state index in [9.17, 15) is 0 Å². The largest absolute Gasteiger partial charge is 0.615 e. The van der Waals surface area contributed by atoms with Crippen LogP contribution in [0, 0.1) is 0 Å². The van der Waals surface area contributed by atoms with Crippen molar-refractivity contribution in [3.05, 3.63) is 5.84 Å². The summed E-state index contributed by atoms with van der Waals surface area (Å²) >= 11 is 0. The predicted molar refractivity (Wildman–Crippen MR) is 19.6 cm³/mol. The molecule has 1 atom stereocenters. The monoisotopic (exact) mass is 168 g/mol. The molecule has 4 heavy (non-hydrogen) atoms. The van der Waals surface area contributed by atoms with E-state index in [0.29, 0.717) is 0 Å². The quantitative estimate of drug-likeness (QED) is 0.234. The standard InChI is InChI=1S/H3N2.H3P.Rh/c1-2;;/h1H,2H2;1H3;/q-1;;. The first-order valence-electron chi connectivity index (χ1n) is 0.289. The van der Waals surface area contributed by atoms with Crippen LogP contribution in [0.1, 0.15) is 0 Å². The number of hydrogen-bond donors (Lipinski definition) is 1. The minimum absolute atomic E-state index is 0. The van der Waals surface area contributed by atoms with Gasteiger partial charge in [0.05, 0.1) is 0 Å². The van der Waals surface area contributed by atoms with E-state index in [2.05, 4.69) is 5.84 Å². The molecule has 0 aromatic carbocycles. The molecule has 2 nitrogen and oxygen atoms in total. The molecule has 0 aromatic heterocycles. The fourth-order valence-electron chi connectivity index (χ4n) is 0. The van der Waals surface area contributed by atoms with Crippen LogP contribution in [0.25, 0.3) is 5.84 Å². The summed E-state index contributed by atoms with van der Waals surface area (Å²) < 4.78 is 0. The number of nitrogens with one attached hydrogen (secondary N) is 1. The van der Waals surface area contributed by atoms with Crippen molar-refractivity contribution in [3.63, 3.8) is 0 Å². The summed E-state index contributed by atoms with van der Waals surface area (Å²) in [5.74, 6) is 9.00. The average Bonchev–Trinajstić information content (AvgIpc) is 1.00. The zero-order valence-electron chi connectivity index (χ0n) is 2.12. The number of rotatable bonds is 0. The van der Waals surface area contributed by atoms with Gasteiger partial charge in [0.2, 0.25) is 0 Å². The second-order valence-electron chi connectivity index (χ2n) is 0. The average molecular weight is 168 g/mol. The first-order chi connectivity index (χ1) is 1.00. The summed E-state index contributed by atoms with van der Waals surface area (Å²) in [6.07, 6.45) is 0. The normalized spacial score (nSPS) is 1.50. The van der Waals surface area contributed by atoms with Gasteiger partial charge in [-0.15, -0.1) is 0 Å². The Bertz CT molecular complexity index is 6.00. The number of nitrogens with two attached hydrogens (primary N) is 1. The smallest absolute Gasteiger partial charge is 0 e. The molecule has 0 saturated carbocycles. The Balaban J connectivity index is -0.00000000500. The van der Waals surface area contributed by atoms with Crippen molar-refractivity contribution in [2.45, 2.75) is 0 Å². The minimum Gasteiger partial charge on any atom is -0.615 e. The topological polar surface area (TPSA) is 49.8 Å². The molecule has 0 aliphatic rings. The molecule has 0 saturated heterocycles. The van der Waals surface area contributed by atoms with E-state index in [-0.39, 0.29) is 29.4 Å². The molecule has 3 N–H and O–H groups in total. The Hall–Kier alpha value is 0.973. The predicted octanol–water partition coefficient (Wildman–Crippen LogP) is -0.0321. The van der Waals surface area contributed by atoms with Crippen molar-refractivity contribution < 1.29 is 19.5 Å². The van der Waals surface area contributed by atoms with Crippen molar-refractivity contribution in [3.8, 4) is 0 Å². The van der Waals surface area contributed by atoms with Gasteiger partial charge in [-0.25, -0.2) is 0 Å². The van der Waals surface area contributed by atoms with Gasteiger partial charge in [0.25, 0.3) is 0 Å². The van der Waals surface area contributed by atoms with Gasteiger partial charge in [-0.05, 0) is 0 Å². The van der Waals surface area contributed by atoms with E-state index < -0.39 is 0 Å². The molecule has 0 heterocycles. The zero-order chi connectivity index (χ0) is 2.00. The van der Waals surface area contributed by atoms with Crippen molar-refractivity contribution in [2.24, 2.45) is 5.84 Å². The minimum atomic E-state index is 0. The van der Waals surface area contributed by atoms with E-state index in [0.717, 1.165) is 0 Å². The first-order valence-corrected chi connectivity index (χ1v) is 0.289. The van der Waals surface area contributed by atoms with Crippen LogP contribution in [0.5, 0.6) is 0 Å². The second-order valence-corrected chi connectivity index (χ2v) is 0. The molecule has 0 bridgehead atoms. The van der Waals surface area contributed by atoms with Gasteiger partial charge in [0.1, 0.15) is 0 Å². The Morgan fingerprint density at radius 1 is 1.25 bits per heavy atom. The Morgan fingerprint density at radius 3 is 1.25 bits per heavy atom. The molecule has 0 aromatic rings. The van der Waals surface area contributed by atoms with Gasteiger partial charge in [-0.2, -0.15) is 9.90 Å². The van der Waals surface area contributed by atoms with Gasteiger partial charge >= 0.3 is 0 Å². The zero-order valence-corrected chi connectivity index (χ0v) is 5.17. The van der Waals surface area contributed by atoms with Crippen molar-refractivity contribution >= 4 is 9.90 Å². The molecular formula is H6N2PRh-. The third-order valence-corrected chi connectivity index (χ3v) is 0. The van der Waals surface area contributed by atoms with Gasteiger partial charge in [0, 0.05) is 19.5 Å². The molecule has 31 valence electrons. The van der Waals surface area contributed by atoms with E-state index in [4.69, 9.17) is 5.84 Å². The van der Waals surface area contributed by atoms with E-state index >= 15 is 0 Å². The van der Waals surface area contributed by atoms with Crippen LogP contribution in [0.3, 0.4) is 0 Å². The number of hydrogen-bond acceptors (Lipinski definition) is 1. The fraction of sp³-hybridized carbons (Fsp3) is 0. The van der Waals surface area contributed by atoms with Crippen molar-refractivity contribution in [1.82, 2.24) is 0 Å². The summed E-state index contributed by atoms with van der Waals surface area (Å²) in [5.41, 5.74) is 0. The van der Waals surface area contributed by atoms with E-state index in [1.807, 2.05) is 0 Å². The molecular weight excluding hydrogens is 162 g/mol.